The summed E-state index contributed by atoms with van der Waals surface area (Å²) in [4.78, 5) is 8.33. The van der Waals surface area contributed by atoms with E-state index in [0.29, 0.717) is 11.4 Å². The Balaban J connectivity index is 3.11. The monoisotopic (exact) mass is 223 g/mol. The zero-order chi connectivity index (χ0) is 12.3. The fourth-order valence-electron chi connectivity index (χ4n) is 1.65. The van der Waals surface area contributed by atoms with Gasteiger partial charge in [0, 0.05) is 24.8 Å². The first-order chi connectivity index (χ1) is 7.41. The molecule has 1 N–H and O–H groups in total. The van der Waals surface area contributed by atoms with E-state index >= 15 is 0 Å². The molecule has 90 valence electrons. The first-order valence-electron chi connectivity index (χ1n) is 5.37. The first kappa shape index (κ1) is 12.9. The second-order valence-corrected chi connectivity index (χ2v) is 4.67. The van der Waals surface area contributed by atoms with Gasteiger partial charge in [-0.25, -0.2) is 0 Å². The number of rotatable bonds is 4. The van der Waals surface area contributed by atoms with Gasteiger partial charge in [0.2, 0.25) is 0 Å². The average Bonchev–Trinajstić information content (AvgIpc) is 2.16. The molecule has 1 aromatic rings. The SMILES string of the molecule is Cc1ncc(CN(C)C)c(CN(C)C)c1O. The van der Waals surface area contributed by atoms with Crippen LogP contribution in [0.5, 0.6) is 5.75 Å². The molecule has 0 bridgehead atoms. The molecule has 0 aliphatic rings. The Kier molecular flexibility index (Phi) is 4.26. The zero-order valence-electron chi connectivity index (χ0n) is 10.8. The van der Waals surface area contributed by atoms with E-state index in [2.05, 4.69) is 9.88 Å². The maximum atomic E-state index is 10.0. The second-order valence-electron chi connectivity index (χ2n) is 4.67. The fraction of sp³-hybridized carbons (Fsp3) is 0.583. The number of nitrogens with zero attached hydrogens (tertiary/aromatic N) is 3. The van der Waals surface area contributed by atoms with E-state index < -0.39 is 0 Å². The molecule has 4 nitrogen and oxygen atoms in total. The molecule has 0 radical (unpaired) electrons. The lowest BCUT2D eigenvalue weighted by Gasteiger charge is -2.18. The minimum atomic E-state index is 0.327. The summed E-state index contributed by atoms with van der Waals surface area (Å²) in [5.41, 5.74) is 2.76. The van der Waals surface area contributed by atoms with Crippen molar-refractivity contribution in [2.45, 2.75) is 20.0 Å². The fourth-order valence-corrected chi connectivity index (χ4v) is 1.65. The third-order valence-electron chi connectivity index (χ3n) is 2.39. The van der Waals surface area contributed by atoms with Crippen molar-refractivity contribution < 1.29 is 5.11 Å². The van der Waals surface area contributed by atoms with Crippen molar-refractivity contribution in [3.05, 3.63) is 23.0 Å². The Morgan fingerprint density at radius 2 is 1.69 bits per heavy atom. The van der Waals surface area contributed by atoms with Crippen LogP contribution in [0.25, 0.3) is 0 Å². The summed E-state index contributed by atoms with van der Waals surface area (Å²) in [6, 6.07) is 0. The highest BCUT2D eigenvalue weighted by Gasteiger charge is 2.12. The Labute approximate surface area is 97.5 Å². The Morgan fingerprint density at radius 3 is 2.19 bits per heavy atom. The van der Waals surface area contributed by atoms with Crippen LogP contribution in [0.2, 0.25) is 0 Å². The summed E-state index contributed by atoms with van der Waals surface area (Å²) in [7, 11) is 8.01. The van der Waals surface area contributed by atoms with E-state index in [-0.39, 0.29) is 0 Å². The number of aryl methyl sites for hydroxylation is 1. The minimum Gasteiger partial charge on any atom is -0.506 e. The van der Waals surface area contributed by atoms with E-state index in [4.69, 9.17) is 0 Å². The maximum Gasteiger partial charge on any atom is 0.141 e. The number of pyridine rings is 1. The van der Waals surface area contributed by atoms with Crippen molar-refractivity contribution in [3.8, 4) is 5.75 Å². The molecule has 0 saturated carbocycles. The van der Waals surface area contributed by atoms with Gasteiger partial charge in [0.25, 0.3) is 0 Å². The molecular formula is C12H21N3O. The van der Waals surface area contributed by atoms with Crippen LogP contribution in [-0.4, -0.2) is 48.1 Å². The van der Waals surface area contributed by atoms with Gasteiger partial charge in [0.1, 0.15) is 5.75 Å². The predicted molar refractivity (Wildman–Crippen MR) is 65.4 cm³/mol. The molecule has 0 atom stereocenters. The van der Waals surface area contributed by atoms with Crippen molar-refractivity contribution in [3.63, 3.8) is 0 Å². The lowest BCUT2D eigenvalue weighted by Crippen LogP contribution is -2.17. The lowest BCUT2D eigenvalue weighted by atomic mass is 10.1. The highest BCUT2D eigenvalue weighted by atomic mass is 16.3. The van der Waals surface area contributed by atoms with Gasteiger partial charge in [0.15, 0.2) is 0 Å². The van der Waals surface area contributed by atoms with Crippen LogP contribution in [0.15, 0.2) is 6.20 Å². The summed E-state index contributed by atoms with van der Waals surface area (Å²) in [5, 5.41) is 10.0. The Hall–Kier alpha value is -1.13. The Bertz CT molecular complexity index is 362. The molecule has 0 aromatic carbocycles. The smallest absolute Gasteiger partial charge is 0.141 e. The number of hydrogen-bond acceptors (Lipinski definition) is 4. The van der Waals surface area contributed by atoms with Crippen LogP contribution in [0, 0.1) is 6.92 Å². The normalized spacial score (nSPS) is 11.4. The van der Waals surface area contributed by atoms with Crippen LogP contribution in [0.1, 0.15) is 16.8 Å². The van der Waals surface area contributed by atoms with E-state index in [0.717, 1.165) is 24.2 Å². The summed E-state index contributed by atoms with van der Waals surface area (Å²) < 4.78 is 0. The van der Waals surface area contributed by atoms with E-state index in [1.54, 1.807) is 0 Å². The largest absolute Gasteiger partial charge is 0.506 e. The van der Waals surface area contributed by atoms with Gasteiger partial charge < -0.3 is 14.9 Å². The summed E-state index contributed by atoms with van der Waals surface area (Å²) in [6.45, 7) is 3.36. The van der Waals surface area contributed by atoms with Crippen LogP contribution in [0.4, 0.5) is 0 Å². The van der Waals surface area contributed by atoms with Crippen LogP contribution in [-0.2, 0) is 13.1 Å². The van der Waals surface area contributed by atoms with Crippen molar-refractivity contribution in [1.82, 2.24) is 14.8 Å². The van der Waals surface area contributed by atoms with E-state index in [1.165, 1.54) is 0 Å². The second kappa shape index (κ2) is 5.27. The topological polar surface area (TPSA) is 39.6 Å². The van der Waals surface area contributed by atoms with Crippen molar-refractivity contribution >= 4 is 0 Å². The molecular weight excluding hydrogens is 202 g/mol. The minimum absolute atomic E-state index is 0.327. The summed E-state index contributed by atoms with van der Waals surface area (Å²) in [6.07, 6.45) is 1.86. The number of aromatic hydroxyl groups is 1. The van der Waals surface area contributed by atoms with Gasteiger partial charge in [0.05, 0.1) is 5.69 Å². The predicted octanol–water partition coefficient (Wildman–Crippen LogP) is 1.22. The van der Waals surface area contributed by atoms with E-state index in [9.17, 15) is 5.11 Å². The zero-order valence-corrected chi connectivity index (χ0v) is 10.8. The van der Waals surface area contributed by atoms with E-state index in [1.807, 2.05) is 46.2 Å². The summed E-state index contributed by atoms with van der Waals surface area (Å²) >= 11 is 0. The molecule has 0 fully saturated rings. The van der Waals surface area contributed by atoms with Gasteiger partial charge in [-0.1, -0.05) is 0 Å². The third-order valence-corrected chi connectivity index (χ3v) is 2.39. The van der Waals surface area contributed by atoms with Crippen molar-refractivity contribution in [2.24, 2.45) is 0 Å². The molecule has 0 saturated heterocycles. The molecule has 0 amide bonds. The Morgan fingerprint density at radius 1 is 1.12 bits per heavy atom. The molecule has 4 heteroatoms. The van der Waals surface area contributed by atoms with Gasteiger partial charge in [-0.15, -0.1) is 0 Å². The highest BCUT2D eigenvalue weighted by Crippen LogP contribution is 2.25. The molecule has 0 unspecified atom stereocenters. The first-order valence-corrected chi connectivity index (χ1v) is 5.37. The van der Waals surface area contributed by atoms with Crippen molar-refractivity contribution in [1.29, 1.82) is 0 Å². The van der Waals surface area contributed by atoms with Gasteiger partial charge in [-0.05, 0) is 40.7 Å². The number of hydrogen-bond donors (Lipinski definition) is 1. The van der Waals surface area contributed by atoms with Gasteiger partial charge in [-0.3, -0.25) is 4.98 Å². The van der Waals surface area contributed by atoms with Crippen LogP contribution < -0.4 is 0 Å². The standard InChI is InChI=1S/C12H21N3O/c1-9-12(16)11(8-15(4)5)10(6-13-9)7-14(2)3/h6,16H,7-8H2,1-5H3. The molecule has 0 aliphatic heterocycles. The highest BCUT2D eigenvalue weighted by molar-refractivity contribution is 5.40. The molecule has 0 spiro atoms. The number of aromatic nitrogens is 1. The molecule has 1 heterocycles. The molecule has 1 rings (SSSR count). The molecule has 1 aromatic heterocycles. The third kappa shape index (κ3) is 3.18. The average molecular weight is 223 g/mol. The van der Waals surface area contributed by atoms with Crippen LogP contribution >= 0.6 is 0 Å². The quantitative estimate of drug-likeness (QED) is 0.833. The maximum absolute atomic E-state index is 10.0. The van der Waals surface area contributed by atoms with Gasteiger partial charge >= 0.3 is 0 Å². The van der Waals surface area contributed by atoms with Crippen LogP contribution in [0.3, 0.4) is 0 Å². The van der Waals surface area contributed by atoms with Crippen molar-refractivity contribution in [2.75, 3.05) is 28.2 Å². The molecule has 16 heavy (non-hydrogen) atoms. The summed E-state index contributed by atoms with van der Waals surface area (Å²) in [5.74, 6) is 0.327. The lowest BCUT2D eigenvalue weighted by molar-refractivity contribution is 0.366. The van der Waals surface area contributed by atoms with Gasteiger partial charge in [-0.2, -0.15) is 0 Å². The molecule has 0 aliphatic carbocycles.